The molecule has 0 fully saturated rings. The molecule has 1 rings (SSSR count). The van der Waals surface area contributed by atoms with Crippen LogP contribution in [-0.2, 0) is 0 Å². The summed E-state index contributed by atoms with van der Waals surface area (Å²) in [6.07, 6.45) is -4.69. The number of benzene rings is 1. The van der Waals surface area contributed by atoms with Crippen LogP contribution in [0, 0.1) is 11.8 Å². The molecule has 0 heterocycles. The third-order valence-corrected chi connectivity index (χ3v) is 1.60. The molecule has 0 aliphatic heterocycles. The minimum atomic E-state index is -4.69. The van der Waals surface area contributed by atoms with Gasteiger partial charge in [0.2, 0.25) is 0 Å². The lowest BCUT2D eigenvalue weighted by molar-refractivity contribution is -0.274. The number of hydrogen-bond acceptors (Lipinski definition) is 2. The van der Waals surface area contributed by atoms with Gasteiger partial charge in [0.05, 0.1) is 0 Å². The van der Waals surface area contributed by atoms with Gasteiger partial charge in [0, 0.05) is 5.56 Å². The second kappa shape index (κ2) is 4.68. The third-order valence-electron chi connectivity index (χ3n) is 1.60. The van der Waals surface area contributed by atoms with E-state index in [1.54, 1.807) is 0 Å². The molecule has 0 unspecified atom stereocenters. The van der Waals surface area contributed by atoms with Crippen LogP contribution in [0.5, 0.6) is 5.75 Å². The first kappa shape index (κ1) is 13.4. The molecule has 0 aliphatic rings. The SMILES string of the molecule is CC(C)(O)C#Cc1ccc(OC(F)(F)F)cc1. The average Bonchev–Trinajstić information content (AvgIpc) is 2.13. The van der Waals surface area contributed by atoms with Gasteiger partial charge in [0.15, 0.2) is 0 Å². The van der Waals surface area contributed by atoms with Crippen molar-refractivity contribution in [2.75, 3.05) is 0 Å². The first-order valence-corrected chi connectivity index (χ1v) is 4.77. The van der Waals surface area contributed by atoms with Crippen molar-refractivity contribution in [1.82, 2.24) is 0 Å². The molecule has 2 nitrogen and oxygen atoms in total. The van der Waals surface area contributed by atoms with Crippen LogP contribution < -0.4 is 4.74 Å². The van der Waals surface area contributed by atoms with E-state index in [2.05, 4.69) is 16.6 Å². The Morgan fingerprint density at radius 3 is 2.06 bits per heavy atom. The zero-order valence-electron chi connectivity index (χ0n) is 9.30. The van der Waals surface area contributed by atoms with Crippen molar-refractivity contribution in [1.29, 1.82) is 0 Å². The number of ether oxygens (including phenoxy) is 1. The Bertz CT molecular complexity index is 430. The van der Waals surface area contributed by atoms with E-state index >= 15 is 0 Å². The van der Waals surface area contributed by atoms with Crippen molar-refractivity contribution in [3.8, 4) is 17.6 Å². The maximum Gasteiger partial charge on any atom is 0.573 e. The zero-order chi connectivity index (χ0) is 13.1. The summed E-state index contributed by atoms with van der Waals surface area (Å²) in [5.74, 6) is 4.89. The molecule has 5 heteroatoms. The van der Waals surface area contributed by atoms with Gasteiger partial charge in [-0.2, -0.15) is 0 Å². The van der Waals surface area contributed by atoms with Crippen LogP contribution in [0.3, 0.4) is 0 Å². The Labute approximate surface area is 97.0 Å². The number of rotatable bonds is 1. The second-order valence-electron chi connectivity index (χ2n) is 3.88. The van der Waals surface area contributed by atoms with Crippen molar-refractivity contribution in [2.45, 2.75) is 25.8 Å². The highest BCUT2D eigenvalue weighted by Gasteiger charge is 2.30. The van der Waals surface area contributed by atoms with E-state index in [1.165, 1.54) is 38.1 Å². The summed E-state index contributed by atoms with van der Waals surface area (Å²) >= 11 is 0. The highest BCUT2D eigenvalue weighted by atomic mass is 19.4. The summed E-state index contributed by atoms with van der Waals surface area (Å²) in [6, 6.07) is 5.11. The fraction of sp³-hybridized carbons (Fsp3) is 0.333. The van der Waals surface area contributed by atoms with Crippen molar-refractivity contribution in [2.24, 2.45) is 0 Å². The fourth-order valence-corrected chi connectivity index (χ4v) is 0.965. The van der Waals surface area contributed by atoms with E-state index in [4.69, 9.17) is 0 Å². The predicted octanol–water partition coefficient (Wildman–Crippen LogP) is 2.71. The lowest BCUT2D eigenvalue weighted by Gasteiger charge is -2.08. The van der Waals surface area contributed by atoms with Crippen LogP contribution in [0.15, 0.2) is 24.3 Å². The summed E-state index contributed by atoms with van der Waals surface area (Å²) in [4.78, 5) is 0. The Hall–Kier alpha value is -1.67. The average molecular weight is 244 g/mol. The summed E-state index contributed by atoms with van der Waals surface area (Å²) in [6.45, 7) is 3.03. The molecule has 0 bridgehead atoms. The maximum absolute atomic E-state index is 11.9. The van der Waals surface area contributed by atoms with Gasteiger partial charge in [-0.25, -0.2) is 0 Å². The van der Waals surface area contributed by atoms with Crippen LogP contribution in [0.25, 0.3) is 0 Å². The monoisotopic (exact) mass is 244 g/mol. The molecule has 0 radical (unpaired) electrons. The summed E-state index contributed by atoms with van der Waals surface area (Å²) < 4.78 is 39.3. The van der Waals surface area contributed by atoms with E-state index in [9.17, 15) is 18.3 Å². The summed E-state index contributed by atoms with van der Waals surface area (Å²) in [5.41, 5.74) is -0.636. The molecule has 17 heavy (non-hydrogen) atoms. The topological polar surface area (TPSA) is 29.5 Å². The highest BCUT2D eigenvalue weighted by molar-refractivity contribution is 5.39. The molecule has 0 aliphatic carbocycles. The van der Waals surface area contributed by atoms with Crippen molar-refractivity contribution in [3.05, 3.63) is 29.8 Å². The largest absolute Gasteiger partial charge is 0.573 e. The Kier molecular flexibility index (Phi) is 3.69. The summed E-state index contributed by atoms with van der Waals surface area (Å²) in [5, 5.41) is 9.34. The molecule has 0 aromatic heterocycles. The molecular formula is C12H11F3O2. The van der Waals surface area contributed by atoms with Gasteiger partial charge in [-0.3, -0.25) is 0 Å². The van der Waals surface area contributed by atoms with E-state index < -0.39 is 12.0 Å². The maximum atomic E-state index is 11.9. The van der Waals surface area contributed by atoms with Gasteiger partial charge < -0.3 is 9.84 Å². The van der Waals surface area contributed by atoms with Crippen molar-refractivity contribution < 1.29 is 23.0 Å². The van der Waals surface area contributed by atoms with E-state index in [-0.39, 0.29) is 5.75 Å². The molecule has 0 saturated carbocycles. The minimum absolute atomic E-state index is 0.300. The zero-order valence-corrected chi connectivity index (χ0v) is 9.30. The van der Waals surface area contributed by atoms with Gasteiger partial charge in [-0.15, -0.1) is 13.2 Å². The quantitative estimate of drug-likeness (QED) is 0.770. The molecule has 92 valence electrons. The standard InChI is InChI=1S/C12H11F3O2/c1-11(2,16)8-7-9-3-5-10(6-4-9)17-12(13,14)15/h3-6,16H,1-2H3. The molecule has 1 aromatic carbocycles. The van der Waals surface area contributed by atoms with Gasteiger partial charge in [-0.1, -0.05) is 11.8 Å². The summed E-state index contributed by atoms with van der Waals surface area (Å²) in [7, 11) is 0. The van der Waals surface area contributed by atoms with Crippen LogP contribution in [0.1, 0.15) is 19.4 Å². The third kappa shape index (κ3) is 5.83. The van der Waals surface area contributed by atoms with E-state index in [0.717, 1.165) is 0 Å². The Morgan fingerprint density at radius 2 is 1.65 bits per heavy atom. The van der Waals surface area contributed by atoms with Crippen molar-refractivity contribution >= 4 is 0 Å². The van der Waals surface area contributed by atoms with Gasteiger partial charge in [0.1, 0.15) is 11.4 Å². The molecule has 0 saturated heterocycles. The normalized spacial score (nSPS) is 11.6. The second-order valence-corrected chi connectivity index (χ2v) is 3.88. The Morgan fingerprint density at radius 1 is 1.12 bits per heavy atom. The number of halogens is 3. The predicted molar refractivity (Wildman–Crippen MR) is 56.3 cm³/mol. The first-order valence-electron chi connectivity index (χ1n) is 4.77. The van der Waals surface area contributed by atoms with E-state index in [1.807, 2.05) is 0 Å². The molecule has 1 N–H and O–H groups in total. The number of hydrogen-bond donors (Lipinski definition) is 1. The van der Waals surface area contributed by atoms with Gasteiger partial charge in [-0.05, 0) is 38.1 Å². The van der Waals surface area contributed by atoms with Crippen LogP contribution in [0.2, 0.25) is 0 Å². The molecule has 1 aromatic rings. The van der Waals surface area contributed by atoms with Crippen LogP contribution in [-0.4, -0.2) is 17.1 Å². The highest BCUT2D eigenvalue weighted by Crippen LogP contribution is 2.22. The molecular weight excluding hydrogens is 233 g/mol. The number of aliphatic hydroxyl groups is 1. The Balaban J connectivity index is 2.78. The minimum Gasteiger partial charge on any atom is -0.406 e. The van der Waals surface area contributed by atoms with Gasteiger partial charge in [0.25, 0.3) is 0 Å². The smallest absolute Gasteiger partial charge is 0.406 e. The van der Waals surface area contributed by atoms with E-state index in [0.29, 0.717) is 5.56 Å². The van der Waals surface area contributed by atoms with Crippen molar-refractivity contribution in [3.63, 3.8) is 0 Å². The van der Waals surface area contributed by atoms with Gasteiger partial charge >= 0.3 is 6.36 Å². The molecule has 0 atom stereocenters. The number of alkyl halides is 3. The first-order chi connectivity index (χ1) is 7.66. The lowest BCUT2D eigenvalue weighted by Crippen LogP contribution is -2.17. The molecule has 0 spiro atoms. The lowest BCUT2D eigenvalue weighted by atomic mass is 10.1. The molecule has 0 amide bonds. The van der Waals surface area contributed by atoms with Crippen LogP contribution >= 0.6 is 0 Å². The fourth-order valence-electron chi connectivity index (χ4n) is 0.965. The van der Waals surface area contributed by atoms with Crippen LogP contribution in [0.4, 0.5) is 13.2 Å².